The first-order valence-electron chi connectivity index (χ1n) is 7.77. The molecular weight excluding hydrogens is 325 g/mol. The Morgan fingerprint density at radius 3 is 3.00 bits per heavy atom. The Hall–Kier alpha value is -3.22. The number of oxazole rings is 1. The smallest absolute Gasteiger partial charge is 0.232 e. The fourth-order valence-corrected chi connectivity index (χ4v) is 3.02. The number of carbonyl (C=O) groups is 2. The van der Waals surface area contributed by atoms with E-state index in [0.717, 1.165) is 0 Å². The van der Waals surface area contributed by atoms with Gasteiger partial charge in [0.2, 0.25) is 11.8 Å². The van der Waals surface area contributed by atoms with E-state index in [0.29, 0.717) is 33.9 Å². The largest absolute Gasteiger partial charge is 0.441 e. The molecule has 0 aliphatic carbocycles. The normalized spacial score (nSPS) is 16.4. The van der Waals surface area contributed by atoms with Crippen LogP contribution in [0.2, 0.25) is 0 Å². The lowest BCUT2D eigenvalue weighted by Gasteiger charge is -2.24. The van der Waals surface area contributed by atoms with Crippen molar-refractivity contribution in [3.05, 3.63) is 53.7 Å². The monoisotopic (exact) mass is 339 g/mol. The van der Waals surface area contributed by atoms with Crippen molar-refractivity contribution >= 4 is 34.3 Å². The van der Waals surface area contributed by atoms with Gasteiger partial charge in [-0.1, -0.05) is 6.07 Å². The number of fused-ring (bicyclic) bond motifs is 2. The van der Waals surface area contributed by atoms with Crippen molar-refractivity contribution in [2.75, 3.05) is 10.6 Å². The zero-order valence-corrected chi connectivity index (χ0v) is 13.3. The topological polar surface area (TPSA) is 84.2 Å². The Labute approximate surface area is 142 Å². The molecule has 2 aromatic carbocycles. The molecule has 0 saturated heterocycles. The number of carbonyl (C=O) groups excluding carboxylic acids is 2. The number of aromatic nitrogens is 1. The van der Waals surface area contributed by atoms with Crippen LogP contribution in [0.15, 0.2) is 40.8 Å². The maximum Gasteiger partial charge on any atom is 0.232 e. The van der Waals surface area contributed by atoms with Crippen molar-refractivity contribution in [1.82, 2.24) is 4.98 Å². The molecule has 1 atom stereocenters. The first-order chi connectivity index (χ1) is 12.0. The van der Waals surface area contributed by atoms with E-state index in [-0.39, 0.29) is 18.2 Å². The summed E-state index contributed by atoms with van der Waals surface area (Å²) >= 11 is 0. The maximum atomic E-state index is 13.4. The summed E-state index contributed by atoms with van der Waals surface area (Å²) in [4.78, 5) is 28.7. The number of nitrogens with zero attached hydrogens (tertiary/aromatic N) is 1. The van der Waals surface area contributed by atoms with Crippen LogP contribution in [-0.2, 0) is 9.59 Å². The van der Waals surface area contributed by atoms with Gasteiger partial charge in [-0.25, -0.2) is 9.37 Å². The minimum absolute atomic E-state index is 0.00970. The van der Waals surface area contributed by atoms with Gasteiger partial charge in [-0.3, -0.25) is 9.59 Å². The molecule has 0 fully saturated rings. The molecule has 2 N–H and O–H groups in total. The summed E-state index contributed by atoms with van der Waals surface area (Å²) in [5, 5.41) is 5.39. The number of hydrogen-bond donors (Lipinski definition) is 2. The lowest BCUT2D eigenvalue weighted by atomic mass is 9.89. The van der Waals surface area contributed by atoms with Gasteiger partial charge < -0.3 is 15.1 Å². The van der Waals surface area contributed by atoms with Crippen molar-refractivity contribution in [1.29, 1.82) is 0 Å². The van der Waals surface area contributed by atoms with E-state index < -0.39 is 11.7 Å². The highest BCUT2D eigenvalue weighted by atomic mass is 19.1. The molecule has 1 unspecified atom stereocenters. The van der Waals surface area contributed by atoms with Gasteiger partial charge >= 0.3 is 0 Å². The lowest BCUT2D eigenvalue weighted by molar-refractivity contribution is -0.123. The molecule has 0 bridgehead atoms. The van der Waals surface area contributed by atoms with Crippen LogP contribution >= 0.6 is 0 Å². The molecule has 0 spiro atoms. The molecule has 3 aromatic rings. The first kappa shape index (κ1) is 15.3. The van der Waals surface area contributed by atoms with Crippen LogP contribution < -0.4 is 10.6 Å². The van der Waals surface area contributed by atoms with Crippen molar-refractivity contribution in [3.8, 4) is 0 Å². The SMILES string of the molecule is Cc1nc2cc(NC(=O)C3CC(=O)Nc4cc(F)ccc43)ccc2o1. The summed E-state index contributed by atoms with van der Waals surface area (Å²) in [6.45, 7) is 1.74. The van der Waals surface area contributed by atoms with Gasteiger partial charge in [0.15, 0.2) is 11.5 Å². The minimum atomic E-state index is -0.681. The molecule has 25 heavy (non-hydrogen) atoms. The van der Waals surface area contributed by atoms with Gasteiger partial charge in [0.25, 0.3) is 0 Å². The Kier molecular flexibility index (Phi) is 3.49. The highest BCUT2D eigenvalue weighted by Gasteiger charge is 2.31. The molecule has 0 radical (unpaired) electrons. The molecule has 1 aromatic heterocycles. The van der Waals surface area contributed by atoms with Crippen molar-refractivity contribution in [3.63, 3.8) is 0 Å². The van der Waals surface area contributed by atoms with Crippen LogP contribution in [0.25, 0.3) is 11.1 Å². The van der Waals surface area contributed by atoms with E-state index in [4.69, 9.17) is 4.42 Å². The second-order valence-electron chi connectivity index (χ2n) is 5.94. The lowest BCUT2D eigenvalue weighted by Crippen LogP contribution is -2.30. The Balaban J connectivity index is 1.63. The molecule has 2 heterocycles. The zero-order chi connectivity index (χ0) is 17.6. The number of aryl methyl sites for hydroxylation is 1. The Morgan fingerprint density at radius 2 is 2.16 bits per heavy atom. The minimum Gasteiger partial charge on any atom is -0.441 e. The molecule has 7 heteroatoms. The van der Waals surface area contributed by atoms with Crippen LogP contribution in [-0.4, -0.2) is 16.8 Å². The predicted octanol–water partition coefficient (Wildman–Crippen LogP) is 3.34. The maximum absolute atomic E-state index is 13.4. The fourth-order valence-electron chi connectivity index (χ4n) is 3.02. The summed E-state index contributed by atoms with van der Waals surface area (Å²) < 4.78 is 18.8. The average Bonchev–Trinajstić information content (AvgIpc) is 2.92. The van der Waals surface area contributed by atoms with E-state index in [1.807, 2.05) is 0 Å². The number of anilines is 2. The summed E-state index contributed by atoms with van der Waals surface area (Å²) in [6, 6.07) is 9.16. The van der Waals surface area contributed by atoms with Crippen LogP contribution in [0.1, 0.15) is 23.8 Å². The van der Waals surface area contributed by atoms with E-state index in [1.165, 1.54) is 18.2 Å². The fraction of sp³-hybridized carbons (Fsp3) is 0.167. The third kappa shape index (κ3) is 2.84. The highest BCUT2D eigenvalue weighted by molar-refractivity contribution is 6.05. The number of amides is 2. The second-order valence-corrected chi connectivity index (χ2v) is 5.94. The molecule has 0 saturated carbocycles. The van der Waals surface area contributed by atoms with Crippen molar-refractivity contribution < 1.29 is 18.4 Å². The van der Waals surface area contributed by atoms with Crippen LogP contribution in [0.3, 0.4) is 0 Å². The second kappa shape index (κ2) is 5.70. The van der Waals surface area contributed by atoms with E-state index in [2.05, 4.69) is 15.6 Å². The molecule has 126 valence electrons. The molecular formula is C18H14FN3O3. The number of hydrogen-bond acceptors (Lipinski definition) is 4. The Morgan fingerprint density at radius 1 is 1.32 bits per heavy atom. The predicted molar refractivity (Wildman–Crippen MR) is 89.8 cm³/mol. The van der Waals surface area contributed by atoms with Gasteiger partial charge in [-0.05, 0) is 35.9 Å². The Bertz CT molecular complexity index is 1010. The zero-order valence-electron chi connectivity index (χ0n) is 13.3. The average molecular weight is 339 g/mol. The van der Waals surface area contributed by atoms with Crippen LogP contribution in [0.4, 0.5) is 15.8 Å². The van der Waals surface area contributed by atoms with Gasteiger partial charge in [-0.2, -0.15) is 0 Å². The molecule has 6 nitrogen and oxygen atoms in total. The summed E-state index contributed by atoms with van der Waals surface area (Å²) in [6.07, 6.45) is 0.00970. The van der Waals surface area contributed by atoms with Gasteiger partial charge in [0.05, 0.1) is 5.92 Å². The van der Waals surface area contributed by atoms with Crippen LogP contribution in [0.5, 0.6) is 0 Å². The highest BCUT2D eigenvalue weighted by Crippen LogP contribution is 2.33. The number of rotatable bonds is 2. The third-order valence-electron chi connectivity index (χ3n) is 4.13. The number of halogens is 1. The first-order valence-corrected chi connectivity index (χ1v) is 7.77. The van der Waals surface area contributed by atoms with Crippen molar-refractivity contribution in [2.45, 2.75) is 19.3 Å². The summed E-state index contributed by atoms with van der Waals surface area (Å²) in [5.41, 5.74) is 2.75. The van der Waals surface area contributed by atoms with Gasteiger partial charge in [0, 0.05) is 24.7 Å². The number of nitrogens with one attached hydrogen (secondary N) is 2. The summed E-state index contributed by atoms with van der Waals surface area (Å²) in [7, 11) is 0. The van der Waals surface area contributed by atoms with E-state index in [1.54, 1.807) is 25.1 Å². The van der Waals surface area contributed by atoms with E-state index >= 15 is 0 Å². The molecule has 1 aliphatic heterocycles. The van der Waals surface area contributed by atoms with Gasteiger partial charge in [-0.15, -0.1) is 0 Å². The summed E-state index contributed by atoms with van der Waals surface area (Å²) in [5.74, 6) is -1.26. The molecule has 1 aliphatic rings. The van der Waals surface area contributed by atoms with Gasteiger partial charge in [0.1, 0.15) is 11.3 Å². The molecule has 4 rings (SSSR count). The standard InChI is InChI=1S/C18H14FN3O3/c1-9-20-15-7-11(3-5-16(15)25-9)21-18(24)13-8-17(23)22-14-6-10(19)2-4-12(13)14/h2-7,13H,8H2,1H3,(H,21,24)(H,22,23). The quantitative estimate of drug-likeness (QED) is 0.750. The number of benzene rings is 2. The molecule has 2 amide bonds. The van der Waals surface area contributed by atoms with Crippen molar-refractivity contribution in [2.24, 2.45) is 0 Å². The van der Waals surface area contributed by atoms with Crippen LogP contribution in [0, 0.1) is 12.7 Å². The van der Waals surface area contributed by atoms with E-state index in [9.17, 15) is 14.0 Å². The third-order valence-corrected chi connectivity index (χ3v) is 4.13.